The fourth-order valence-electron chi connectivity index (χ4n) is 5.86. The molecule has 10 nitrogen and oxygen atoms in total. The monoisotopic (exact) mass is 647 g/mol. The van der Waals surface area contributed by atoms with Crippen molar-refractivity contribution in [3.8, 4) is 28.3 Å². The van der Waals surface area contributed by atoms with Crippen molar-refractivity contribution in [2.24, 2.45) is 7.05 Å². The highest BCUT2D eigenvalue weighted by molar-refractivity contribution is 6.39. The number of ether oxygens (including phenoxy) is 1. The van der Waals surface area contributed by atoms with Gasteiger partial charge < -0.3 is 29.7 Å². The minimum absolute atomic E-state index is 0.0874. The van der Waals surface area contributed by atoms with Crippen molar-refractivity contribution in [2.45, 2.75) is 32.5 Å². The van der Waals surface area contributed by atoms with Gasteiger partial charge in [-0.1, -0.05) is 59.6 Å². The van der Waals surface area contributed by atoms with Crippen LogP contribution in [0.25, 0.3) is 22.4 Å². The minimum atomic E-state index is -0.326. The summed E-state index contributed by atoms with van der Waals surface area (Å²) in [5.41, 5.74) is 6.13. The molecule has 234 valence electrons. The number of halogens is 2. The van der Waals surface area contributed by atoms with E-state index >= 15 is 0 Å². The number of nitrogens with one attached hydrogen (secondary N) is 2. The Kier molecular flexibility index (Phi) is 8.83. The first-order valence-corrected chi connectivity index (χ1v) is 15.5. The van der Waals surface area contributed by atoms with Gasteiger partial charge in [-0.3, -0.25) is 9.59 Å². The van der Waals surface area contributed by atoms with Crippen molar-refractivity contribution in [1.29, 1.82) is 0 Å². The van der Waals surface area contributed by atoms with Crippen LogP contribution in [0, 0.1) is 0 Å². The molecule has 2 aromatic heterocycles. The molecule has 0 unspecified atom stereocenters. The van der Waals surface area contributed by atoms with Gasteiger partial charge in [0.2, 0.25) is 11.8 Å². The van der Waals surface area contributed by atoms with Crippen molar-refractivity contribution in [3.05, 3.63) is 81.4 Å². The molecule has 2 aromatic carbocycles. The molecule has 2 N–H and O–H groups in total. The maximum absolute atomic E-state index is 13.3. The van der Waals surface area contributed by atoms with Crippen LogP contribution in [0.3, 0.4) is 0 Å². The van der Waals surface area contributed by atoms with Crippen molar-refractivity contribution in [2.75, 3.05) is 39.1 Å². The Bertz CT molecular complexity index is 1780. The molecule has 0 spiro atoms. The van der Waals surface area contributed by atoms with Gasteiger partial charge in [-0.05, 0) is 19.2 Å². The molecule has 2 amide bonds. The molecule has 1 fully saturated rings. The number of likely N-dealkylation sites (tertiary alicyclic amines) is 1. The van der Waals surface area contributed by atoms with Crippen LogP contribution in [-0.4, -0.2) is 76.0 Å². The zero-order chi connectivity index (χ0) is 31.8. The van der Waals surface area contributed by atoms with E-state index in [0.29, 0.717) is 70.4 Å². The zero-order valence-corrected chi connectivity index (χ0v) is 27.2. The van der Waals surface area contributed by atoms with E-state index < -0.39 is 0 Å². The topological polar surface area (TPSA) is 105 Å². The summed E-state index contributed by atoms with van der Waals surface area (Å²) in [5.74, 6) is 0.605. The molecule has 4 aromatic rings. The molecule has 0 aliphatic carbocycles. The molecule has 0 radical (unpaired) electrons. The molecule has 0 bridgehead atoms. The number of methoxy groups -OCH3 is 1. The number of rotatable bonds is 8. The van der Waals surface area contributed by atoms with Crippen molar-refractivity contribution >= 4 is 40.7 Å². The Labute approximate surface area is 272 Å². The van der Waals surface area contributed by atoms with Crippen LogP contribution < -0.4 is 15.4 Å². The van der Waals surface area contributed by atoms with Gasteiger partial charge in [0.25, 0.3) is 5.91 Å². The maximum atomic E-state index is 13.3. The van der Waals surface area contributed by atoms with E-state index in [9.17, 15) is 9.59 Å². The zero-order valence-electron chi connectivity index (χ0n) is 25.7. The van der Waals surface area contributed by atoms with Crippen LogP contribution in [0.4, 0.5) is 5.69 Å². The summed E-state index contributed by atoms with van der Waals surface area (Å²) in [6.45, 7) is 5.17. The third-order valence-electron chi connectivity index (χ3n) is 8.50. The van der Waals surface area contributed by atoms with Crippen LogP contribution in [-0.2, 0) is 31.4 Å². The first kappa shape index (κ1) is 31.0. The van der Waals surface area contributed by atoms with E-state index in [1.165, 1.54) is 0 Å². The van der Waals surface area contributed by atoms with Crippen LogP contribution in [0.15, 0.2) is 48.5 Å². The molecule has 4 heterocycles. The fraction of sp³-hybridized carbons (Fsp3) is 0.333. The van der Waals surface area contributed by atoms with E-state index in [0.717, 1.165) is 35.5 Å². The smallest absolute Gasteiger partial charge is 0.291 e. The highest BCUT2D eigenvalue weighted by Gasteiger charge is 2.28. The highest BCUT2D eigenvalue weighted by Crippen LogP contribution is 2.41. The molecule has 1 saturated heterocycles. The molecule has 2 aliphatic heterocycles. The van der Waals surface area contributed by atoms with Gasteiger partial charge in [-0.15, -0.1) is 0 Å². The van der Waals surface area contributed by atoms with Crippen LogP contribution in [0.2, 0.25) is 10.0 Å². The predicted octanol–water partition coefficient (Wildman–Crippen LogP) is 5.03. The second-order valence-electron chi connectivity index (χ2n) is 11.5. The van der Waals surface area contributed by atoms with Gasteiger partial charge in [-0.2, -0.15) is 0 Å². The van der Waals surface area contributed by atoms with E-state index in [1.54, 1.807) is 25.0 Å². The molecule has 6 rings (SSSR count). The predicted molar refractivity (Wildman–Crippen MR) is 176 cm³/mol. The summed E-state index contributed by atoms with van der Waals surface area (Å²) in [6.07, 6.45) is 0.843. The molecular weight excluding hydrogens is 613 g/mol. The number of benzene rings is 2. The second kappa shape index (κ2) is 12.8. The first-order chi connectivity index (χ1) is 21.6. The minimum Gasteiger partial charge on any atom is -0.481 e. The Morgan fingerprint density at radius 3 is 2.42 bits per heavy atom. The van der Waals surface area contributed by atoms with E-state index in [2.05, 4.69) is 20.5 Å². The summed E-state index contributed by atoms with van der Waals surface area (Å²) < 4.78 is 7.49. The molecule has 0 atom stereocenters. The quantitative estimate of drug-likeness (QED) is 0.277. The number of hydrogen-bond donors (Lipinski definition) is 2. The van der Waals surface area contributed by atoms with Gasteiger partial charge in [0.05, 0.1) is 34.2 Å². The molecule has 0 saturated carbocycles. The third kappa shape index (κ3) is 6.15. The summed E-state index contributed by atoms with van der Waals surface area (Å²) in [7, 11) is 5.51. The fourth-order valence-corrected chi connectivity index (χ4v) is 6.46. The molecule has 45 heavy (non-hydrogen) atoms. The van der Waals surface area contributed by atoms with Gasteiger partial charge >= 0.3 is 0 Å². The number of carbonyl (C=O) groups is 2. The first-order valence-electron chi connectivity index (χ1n) is 14.8. The number of aromatic nitrogens is 3. The Morgan fingerprint density at radius 2 is 1.69 bits per heavy atom. The third-order valence-corrected chi connectivity index (χ3v) is 9.32. The summed E-state index contributed by atoms with van der Waals surface area (Å²) in [5, 5.41) is 7.26. The number of imidazole rings is 1. The summed E-state index contributed by atoms with van der Waals surface area (Å²) in [4.78, 5) is 38.2. The lowest BCUT2D eigenvalue weighted by molar-refractivity contribution is -0.133. The van der Waals surface area contributed by atoms with Crippen molar-refractivity contribution in [1.82, 2.24) is 29.7 Å². The van der Waals surface area contributed by atoms with Crippen LogP contribution in [0.1, 0.15) is 34.5 Å². The van der Waals surface area contributed by atoms with Gasteiger partial charge in [0, 0.05) is 87.1 Å². The lowest BCUT2D eigenvalue weighted by Crippen LogP contribution is -2.59. The van der Waals surface area contributed by atoms with Gasteiger partial charge in [0.15, 0.2) is 5.82 Å². The van der Waals surface area contributed by atoms with Gasteiger partial charge in [0.1, 0.15) is 0 Å². The van der Waals surface area contributed by atoms with E-state index in [4.69, 9.17) is 32.9 Å². The van der Waals surface area contributed by atoms with Gasteiger partial charge in [-0.25, -0.2) is 9.97 Å². The number of fused-ring (bicyclic) bond motifs is 1. The summed E-state index contributed by atoms with van der Waals surface area (Å²) >= 11 is 13.9. The Morgan fingerprint density at radius 1 is 0.978 bits per heavy atom. The lowest BCUT2D eigenvalue weighted by atomic mass is 10.00. The standard InChI is InChI=1S/C33H35Cl2N7O3/c1-19(43)42-16-21(17-42)36-15-20-11-12-25(39-33(20)45-4)24-9-5-7-22(29(24)34)23-8-6-10-26(30(23)35)38-32(44)31-37-27-18-40(2)14-13-28(27)41(31)3/h5-12,21,36H,13-18H2,1-4H3,(H,38,44). The summed E-state index contributed by atoms with van der Waals surface area (Å²) in [6, 6.07) is 15.3. The number of hydrogen-bond acceptors (Lipinski definition) is 7. The second-order valence-corrected chi connectivity index (χ2v) is 12.3. The number of carbonyl (C=O) groups excluding carboxylic acids is 2. The lowest BCUT2D eigenvalue weighted by Gasteiger charge is -2.39. The highest BCUT2D eigenvalue weighted by atomic mass is 35.5. The molecular formula is C33H35Cl2N7O3. The van der Waals surface area contributed by atoms with Crippen molar-refractivity contribution < 1.29 is 14.3 Å². The van der Waals surface area contributed by atoms with Crippen LogP contribution in [0.5, 0.6) is 5.88 Å². The molecule has 12 heteroatoms. The number of likely N-dealkylation sites (N-methyl/N-ethyl adjacent to an activating group) is 1. The van der Waals surface area contributed by atoms with Crippen molar-refractivity contribution in [3.63, 3.8) is 0 Å². The SMILES string of the molecule is COc1nc(-c2cccc(-c3cccc(NC(=O)c4nc5c(n4C)CCN(C)C5)c3Cl)c2Cl)ccc1CNC1CN(C(C)=O)C1. The van der Waals surface area contributed by atoms with E-state index in [-0.39, 0.29) is 17.9 Å². The van der Waals surface area contributed by atoms with Crippen LogP contribution >= 0.6 is 23.2 Å². The number of nitrogens with zero attached hydrogens (tertiary/aromatic N) is 5. The Balaban J connectivity index is 1.22. The number of amides is 2. The number of pyridine rings is 1. The van der Waals surface area contributed by atoms with E-state index in [1.807, 2.05) is 61.1 Å². The maximum Gasteiger partial charge on any atom is 0.291 e. The normalized spacial score (nSPS) is 15.0. The average Bonchev–Trinajstić information content (AvgIpc) is 3.32. The largest absolute Gasteiger partial charge is 0.481 e. The average molecular weight is 649 g/mol. The Hall–Kier alpha value is -3.96. The number of anilines is 1. The molecule has 2 aliphatic rings.